The van der Waals surface area contributed by atoms with Crippen LogP contribution >= 0.6 is 0 Å². The molecule has 2 nitrogen and oxygen atoms in total. The molecule has 2 heteroatoms. The van der Waals surface area contributed by atoms with E-state index < -0.39 is 0 Å². The maximum atomic E-state index is 3.78. The zero-order valence-corrected chi connectivity index (χ0v) is 14.2. The lowest BCUT2D eigenvalue weighted by atomic mass is 9.89. The fourth-order valence-corrected chi connectivity index (χ4v) is 3.37. The molecule has 2 atom stereocenters. The van der Waals surface area contributed by atoms with E-state index in [1.165, 1.54) is 31.5 Å². The summed E-state index contributed by atoms with van der Waals surface area (Å²) in [6.07, 6.45) is 3.65. The van der Waals surface area contributed by atoms with Gasteiger partial charge in [-0.3, -0.25) is 4.90 Å². The van der Waals surface area contributed by atoms with Crippen LogP contribution in [0.25, 0.3) is 0 Å². The minimum absolute atomic E-state index is 0.308. The molecule has 0 radical (unpaired) electrons. The van der Waals surface area contributed by atoms with Crippen LogP contribution in [0.3, 0.4) is 0 Å². The molecule has 0 saturated carbocycles. The van der Waals surface area contributed by atoms with Gasteiger partial charge in [0.25, 0.3) is 0 Å². The third-order valence-corrected chi connectivity index (χ3v) is 5.01. The Bertz CT molecular complexity index is 415. The predicted octanol–water partition coefficient (Wildman–Crippen LogP) is 3.72. The van der Waals surface area contributed by atoms with Crippen molar-refractivity contribution in [2.24, 2.45) is 5.92 Å². The molecule has 1 saturated heterocycles. The van der Waals surface area contributed by atoms with Gasteiger partial charge in [-0.15, -0.1) is 0 Å². The molecule has 1 aliphatic heterocycles. The molecule has 2 unspecified atom stereocenters. The summed E-state index contributed by atoms with van der Waals surface area (Å²) in [5.74, 6) is 0.768. The standard InChI is InChI=1S/C19H32N2/c1-5-19(4)15-20-18(13-16(2)3)14-21(19)12-11-17-9-7-6-8-10-17/h6-10,16,18,20H,5,11-15H2,1-4H3. The number of rotatable bonds is 6. The lowest BCUT2D eigenvalue weighted by Gasteiger charge is -2.48. The van der Waals surface area contributed by atoms with Crippen molar-refractivity contribution in [3.05, 3.63) is 35.9 Å². The summed E-state index contributed by atoms with van der Waals surface area (Å²) >= 11 is 0. The largest absolute Gasteiger partial charge is 0.311 e. The van der Waals surface area contributed by atoms with E-state index in [-0.39, 0.29) is 0 Å². The number of hydrogen-bond donors (Lipinski definition) is 1. The normalized spacial score (nSPS) is 27.2. The van der Waals surface area contributed by atoms with E-state index in [1.807, 2.05) is 0 Å². The summed E-state index contributed by atoms with van der Waals surface area (Å²) in [6, 6.07) is 11.5. The van der Waals surface area contributed by atoms with Crippen LogP contribution in [0.4, 0.5) is 0 Å². The summed E-state index contributed by atoms with van der Waals surface area (Å²) in [7, 11) is 0. The van der Waals surface area contributed by atoms with E-state index in [0.29, 0.717) is 11.6 Å². The molecule has 21 heavy (non-hydrogen) atoms. The molecular weight excluding hydrogens is 256 g/mol. The van der Waals surface area contributed by atoms with Gasteiger partial charge >= 0.3 is 0 Å². The van der Waals surface area contributed by atoms with Crippen LogP contribution in [-0.2, 0) is 6.42 Å². The smallest absolute Gasteiger partial charge is 0.0304 e. The van der Waals surface area contributed by atoms with Gasteiger partial charge in [0.15, 0.2) is 0 Å². The van der Waals surface area contributed by atoms with Gasteiger partial charge in [0.2, 0.25) is 0 Å². The molecule has 1 aromatic rings. The van der Waals surface area contributed by atoms with Gasteiger partial charge in [-0.1, -0.05) is 51.1 Å². The van der Waals surface area contributed by atoms with Crippen LogP contribution < -0.4 is 5.32 Å². The Morgan fingerprint density at radius 3 is 2.62 bits per heavy atom. The zero-order valence-electron chi connectivity index (χ0n) is 14.2. The third kappa shape index (κ3) is 4.55. The van der Waals surface area contributed by atoms with E-state index in [9.17, 15) is 0 Å². The topological polar surface area (TPSA) is 15.3 Å². The van der Waals surface area contributed by atoms with Crippen LogP contribution in [-0.4, -0.2) is 36.1 Å². The van der Waals surface area contributed by atoms with Crippen molar-refractivity contribution in [3.63, 3.8) is 0 Å². The van der Waals surface area contributed by atoms with Crippen molar-refractivity contribution in [2.45, 2.75) is 58.5 Å². The summed E-state index contributed by atoms with van der Waals surface area (Å²) in [4.78, 5) is 2.73. The highest BCUT2D eigenvalue weighted by molar-refractivity contribution is 5.15. The van der Waals surface area contributed by atoms with Crippen LogP contribution in [0, 0.1) is 5.92 Å². The van der Waals surface area contributed by atoms with Gasteiger partial charge in [0.05, 0.1) is 0 Å². The Morgan fingerprint density at radius 2 is 2.00 bits per heavy atom. The molecule has 1 aromatic carbocycles. The molecule has 0 bridgehead atoms. The van der Waals surface area contributed by atoms with Crippen molar-refractivity contribution in [3.8, 4) is 0 Å². The molecule has 2 rings (SSSR count). The molecule has 1 fully saturated rings. The lowest BCUT2D eigenvalue weighted by molar-refractivity contribution is 0.0454. The van der Waals surface area contributed by atoms with Crippen molar-refractivity contribution in [1.82, 2.24) is 10.2 Å². The maximum Gasteiger partial charge on any atom is 0.0304 e. The first-order valence-electron chi connectivity index (χ1n) is 8.56. The molecule has 1 aliphatic rings. The quantitative estimate of drug-likeness (QED) is 0.858. The Labute approximate surface area is 130 Å². The molecule has 1 N–H and O–H groups in total. The number of nitrogens with one attached hydrogen (secondary N) is 1. The van der Waals surface area contributed by atoms with Gasteiger partial charge in [-0.25, -0.2) is 0 Å². The highest BCUT2D eigenvalue weighted by atomic mass is 15.3. The summed E-state index contributed by atoms with van der Waals surface area (Å²) < 4.78 is 0. The first kappa shape index (κ1) is 16.5. The average molecular weight is 288 g/mol. The van der Waals surface area contributed by atoms with E-state index >= 15 is 0 Å². The molecule has 118 valence electrons. The lowest BCUT2D eigenvalue weighted by Crippen LogP contribution is -2.63. The average Bonchev–Trinajstić information content (AvgIpc) is 2.48. The molecule has 0 amide bonds. The maximum absolute atomic E-state index is 3.78. The fourth-order valence-electron chi connectivity index (χ4n) is 3.37. The number of nitrogens with zero attached hydrogens (tertiary/aromatic N) is 1. The van der Waals surface area contributed by atoms with E-state index in [4.69, 9.17) is 0 Å². The van der Waals surface area contributed by atoms with Crippen LogP contribution in [0.1, 0.15) is 46.1 Å². The molecule has 0 aromatic heterocycles. The van der Waals surface area contributed by atoms with Crippen molar-refractivity contribution >= 4 is 0 Å². The van der Waals surface area contributed by atoms with Crippen LogP contribution in [0.2, 0.25) is 0 Å². The summed E-state index contributed by atoms with van der Waals surface area (Å²) in [6.45, 7) is 12.9. The van der Waals surface area contributed by atoms with Crippen molar-refractivity contribution < 1.29 is 0 Å². The first-order valence-corrected chi connectivity index (χ1v) is 8.56. The van der Waals surface area contributed by atoms with E-state index in [2.05, 4.69) is 68.2 Å². The van der Waals surface area contributed by atoms with E-state index in [1.54, 1.807) is 0 Å². The second-order valence-corrected chi connectivity index (χ2v) is 7.24. The minimum Gasteiger partial charge on any atom is -0.311 e. The number of hydrogen-bond acceptors (Lipinski definition) is 2. The van der Waals surface area contributed by atoms with Gasteiger partial charge in [0, 0.05) is 31.2 Å². The van der Waals surface area contributed by atoms with Crippen molar-refractivity contribution in [2.75, 3.05) is 19.6 Å². The number of piperazine rings is 1. The van der Waals surface area contributed by atoms with Gasteiger partial charge in [0.1, 0.15) is 0 Å². The fraction of sp³-hybridized carbons (Fsp3) is 0.684. The molecule has 1 heterocycles. The second kappa shape index (κ2) is 7.42. The summed E-state index contributed by atoms with van der Waals surface area (Å²) in [5, 5.41) is 3.78. The SMILES string of the molecule is CCC1(C)CNC(CC(C)C)CN1CCc1ccccc1. The van der Waals surface area contributed by atoms with Crippen molar-refractivity contribution in [1.29, 1.82) is 0 Å². The third-order valence-electron chi connectivity index (χ3n) is 5.01. The zero-order chi connectivity index (χ0) is 15.3. The highest BCUT2D eigenvalue weighted by Crippen LogP contribution is 2.25. The first-order chi connectivity index (χ1) is 10.0. The van der Waals surface area contributed by atoms with Crippen LogP contribution in [0.5, 0.6) is 0 Å². The Balaban J connectivity index is 1.97. The monoisotopic (exact) mass is 288 g/mol. The summed E-state index contributed by atoms with van der Waals surface area (Å²) in [5.41, 5.74) is 1.76. The second-order valence-electron chi connectivity index (χ2n) is 7.24. The van der Waals surface area contributed by atoms with E-state index in [0.717, 1.165) is 18.9 Å². The predicted molar refractivity (Wildman–Crippen MR) is 91.7 cm³/mol. The van der Waals surface area contributed by atoms with Gasteiger partial charge < -0.3 is 5.32 Å². The molecular formula is C19H32N2. The number of benzene rings is 1. The van der Waals surface area contributed by atoms with Crippen LogP contribution in [0.15, 0.2) is 30.3 Å². The van der Waals surface area contributed by atoms with Gasteiger partial charge in [-0.05, 0) is 37.7 Å². The Hall–Kier alpha value is -0.860. The molecule has 0 aliphatic carbocycles. The Kier molecular flexibility index (Phi) is 5.83. The Morgan fingerprint density at radius 1 is 1.29 bits per heavy atom. The minimum atomic E-state index is 0.308. The van der Waals surface area contributed by atoms with Gasteiger partial charge in [-0.2, -0.15) is 0 Å². The highest BCUT2D eigenvalue weighted by Gasteiger charge is 2.35. The molecule has 0 spiro atoms.